The first kappa shape index (κ1) is 30.1. The van der Waals surface area contributed by atoms with Crippen molar-refractivity contribution in [2.75, 3.05) is 17.4 Å². The molecule has 2 amide bonds. The Hall–Kier alpha value is -3.43. The van der Waals surface area contributed by atoms with Gasteiger partial charge in [0.25, 0.3) is 10.0 Å². The third-order valence-corrected chi connectivity index (χ3v) is 8.40. The van der Waals surface area contributed by atoms with Gasteiger partial charge in [0.1, 0.15) is 18.4 Å². The van der Waals surface area contributed by atoms with Crippen LogP contribution in [0.5, 0.6) is 0 Å². The predicted octanol–water partition coefficient (Wildman–Crippen LogP) is 5.40. The minimum Gasteiger partial charge on any atom is -0.354 e. The number of hydrogen-bond donors (Lipinski definition) is 1. The SMILES string of the molecule is CCCCNC(=O)C(CC)N(Cc1ccccc1Cl)C(=O)CN(c1ccccc1)S(=O)(=O)c1ccc(F)cc1. The van der Waals surface area contributed by atoms with Crippen LogP contribution in [-0.4, -0.2) is 44.3 Å². The molecular weight excluding hydrogens is 541 g/mol. The number of nitrogens with one attached hydrogen (secondary N) is 1. The van der Waals surface area contributed by atoms with Crippen LogP contribution in [0.25, 0.3) is 0 Å². The summed E-state index contributed by atoms with van der Waals surface area (Å²) < 4.78 is 41.9. The molecule has 0 bridgehead atoms. The zero-order chi connectivity index (χ0) is 28.4. The summed E-state index contributed by atoms with van der Waals surface area (Å²) in [4.78, 5) is 28.3. The lowest BCUT2D eigenvalue weighted by Crippen LogP contribution is -2.52. The van der Waals surface area contributed by atoms with Crippen LogP contribution in [0, 0.1) is 5.82 Å². The molecule has 3 aromatic carbocycles. The third-order valence-electron chi connectivity index (χ3n) is 6.24. The van der Waals surface area contributed by atoms with E-state index in [0.29, 0.717) is 23.6 Å². The number of para-hydroxylation sites is 1. The Labute approximate surface area is 234 Å². The quantitative estimate of drug-likeness (QED) is 0.277. The van der Waals surface area contributed by atoms with Crippen LogP contribution in [-0.2, 0) is 26.2 Å². The van der Waals surface area contributed by atoms with Crippen LogP contribution in [0.3, 0.4) is 0 Å². The molecule has 0 aliphatic carbocycles. The van der Waals surface area contributed by atoms with Crippen LogP contribution < -0.4 is 9.62 Å². The number of rotatable bonds is 13. The fraction of sp³-hybridized carbons (Fsp3) is 0.310. The summed E-state index contributed by atoms with van der Waals surface area (Å²) in [5, 5.41) is 3.31. The van der Waals surface area contributed by atoms with Crippen molar-refractivity contribution >= 4 is 39.1 Å². The van der Waals surface area contributed by atoms with Crippen molar-refractivity contribution in [1.82, 2.24) is 10.2 Å². The average molecular weight is 574 g/mol. The van der Waals surface area contributed by atoms with E-state index in [1.165, 1.54) is 4.90 Å². The average Bonchev–Trinajstić information content (AvgIpc) is 2.93. The molecule has 1 unspecified atom stereocenters. The lowest BCUT2D eigenvalue weighted by molar-refractivity contribution is -0.140. The summed E-state index contributed by atoms with van der Waals surface area (Å²) in [6.07, 6.45) is 2.00. The highest BCUT2D eigenvalue weighted by atomic mass is 35.5. The van der Waals surface area contributed by atoms with Crippen LogP contribution in [0.4, 0.5) is 10.1 Å². The number of nitrogens with zero attached hydrogens (tertiary/aromatic N) is 2. The van der Waals surface area contributed by atoms with Crippen molar-refractivity contribution in [1.29, 1.82) is 0 Å². The Bertz CT molecular complexity index is 1350. The normalized spacial score (nSPS) is 12.0. The lowest BCUT2D eigenvalue weighted by Gasteiger charge is -2.33. The van der Waals surface area contributed by atoms with E-state index in [0.717, 1.165) is 41.4 Å². The monoisotopic (exact) mass is 573 g/mol. The highest BCUT2D eigenvalue weighted by Gasteiger charge is 2.33. The largest absolute Gasteiger partial charge is 0.354 e. The molecule has 0 heterocycles. The van der Waals surface area contributed by atoms with Gasteiger partial charge in [0, 0.05) is 18.1 Å². The van der Waals surface area contributed by atoms with Gasteiger partial charge in [-0.1, -0.05) is 68.3 Å². The lowest BCUT2D eigenvalue weighted by atomic mass is 10.1. The summed E-state index contributed by atoms with van der Waals surface area (Å²) in [6, 6.07) is 18.7. The molecule has 0 aliphatic heterocycles. The Kier molecular flexibility index (Phi) is 10.9. The molecule has 0 spiro atoms. The summed E-state index contributed by atoms with van der Waals surface area (Å²) in [5.74, 6) is -1.48. The maximum atomic E-state index is 13.9. The van der Waals surface area contributed by atoms with Crippen molar-refractivity contribution in [3.05, 3.63) is 95.3 Å². The number of hydrogen-bond acceptors (Lipinski definition) is 4. The highest BCUT2D eigenvalue weighted by molar-refractivity contribution is 7.92. The maximum absolute atomic E-state index is 13.9. The van der Waals surface area contributed by atoms with Gasteiger partial charge in [0.15, 0.2) is 0 Å². The van der Waals surface area contributed by atoms with E-state index in [9.17, 15) is 22.4 Å². The summed E-state index contributed by atoms with van der Waals surface area (Å²) in [7, 11) is -4.26. The van der Waals surface area contributed by atoms with Crippen molar-refractivity contribution in [3.8, 4) is 0 Å². The van der Waals surface area contributed by atoms with Gasteiger partial charge in [-0.25, -0.2) is 12.8 Å². The Morgan fingerprint density at radius 3 is 2.21 bits per heavy atom. The first-order valence-corrected chi connectivity index (χ1v) is 14.6. The molecular formula is C29H33ClFN3O4S. The van der Waals surface area contributed by atoms with Gasteiger partial charge in [-0.2, -0.15) is 0 Å². The van der Waals surface area contributed by atoms with Crippen molar-refractivity contribution < 1.29 is 22.4 Å². The van der Waals surface area contributed by atoms with E-state index >= 15 is 0 Å². The molecule has 0 saturated carbocycles. The maximum Gasteiger partial charge on any atom is 0.264 e. The summed E-state index contributed by atoms with van der Waals surface area (Å²) in [6.45, 7) is 3.71. The molecule has 7 nitrogen and oxygen atoms in total. The number of carbonyl (C=O) groups is 2. The summed E-state index contributed by atoms with van der Waals surface area (Å²) in [5.41, 5.74) is 0.883. The Morgan fingerprint density at radius 2 is 1.59 bits per heavy atom. The van der Waals surface area contributed by atoms with Crippen molar-refractivity contribution in [2.45, 2.75) is 50.6 Å². The van der Waals surface area contributed by atoms with Gasteiger partial charge in [-0.05, 0) is 60.9 Å². The molecule has 1 atom stereocenters. The van der Waals surface area contributed by atoms with E-state index in [1.807, 2.05) is 6.92 Å². The van der Waals surface area contributed by atoms with E-state index < -0.39 is 34.3 Å². The van der Waals surface area contributed by atoms with Crippen LogP contribution in [0.1, 0.15) is 38.7 Å². The number of unbranched alkanes of at least 4 members (excludes halogenated alkanes) is 1. The van der Waals surface area contributed by atoms with E-state index in [-0.39, 0.29) is 23.0 Å². The van der Waals surface area contributed by atoms with Gasteiger partial charge in [-0.15, -0.1) is 0 Å². The minimum atomic E-state index is -4.26. The minimum absolute atomic E-state index is 0.0113. The second-order valence-electron chi connectivity index (χ2n) is 8.98. The summed E-state index contributed by atoms with van der Waals surface area (Å²) >= 11 is 6.39. The smallest absolute Gasteiger partial charge is 0.264 e. The van der Waals surface area contributed by atoms with Gasteiger partial charge in [-0.3, -0.25) is 13.9 Å². The number of carbonyl (C=O) groups excluding carboxylic acids is 2. The molecule has 0 fully saturated rings. The Morgan fingerprint density at radius 1 is 0.949 bits per heavy atom. The number of sulfonamides is 1. The molecule has 3 rings (SSSR count). The third kappa shape index (κ3) is 7.80. The standard InChI is InChI=1S/C29H33ClFN3O4S/c1-3-5-19-32-29(36)27(4-2)33(20-22-11-9-10-14-26(22)30)28(35)21-34(24-12-7-6-8-13-24)39(37,38)25-17-15-23(31)16-18-25/h6-18,27H,3-5,19-21H2,1-2H3,(H,32,36). The van der Waals surface area contributed by atoms with Crippen LogP contribution in [0.2, 0.25) is 5.02 Å². The molecule has 208 valence electrons. The van der Waals surface area contributed by atoms with E-state index in [2.05, 4.69) is 5.32 Å². The highest BCUT2D eigenvalue weighted by Crippen LogP contribution is 2.25. The van der Waals surface area contributed by atoms with Crippen molar-refractivity contribution in [3.63, 3.8) is 0 Å². The zero-order valence-corrected chi connectivity index (χ0v) is 23.6. The first-order valence-electron chi connectivity index (χ1n) is 12.8. The molecule has 39 heavy (non-hydrogen) atoms. The molecule has 0 radical (unpaired) electrons. The molecule has 0 aliphatic rings. The van der Waals surface area contributed by atoms with Crippen molar-refractivity contribution in [2.24, 2.45) is 0 Å². The molecule has 0 aromatic heterocycles. The van der Waals surface area contributed by atoms with Gasteiger partial charge < -0.3 is 10.2 Å². The first-order chi connectivity index (χ1) is 18.7. The van der Waals surface area contributed by atoms with E-state index in [4.69, 9.17) is 11.6 Å². The molecule has 10 heteroatoms. The van der Waals surface area contributed by atoms with Gasteiger partial charge in [0.05, 0.1) is 10.6 Å². The second-order valence-corrected chi connectivity index (χ2v) is 11.3. The number of anilines is 1. The van der Waals surface area contributed by atoms with Crippen LogP contribution in [0.15, 0.2) is 83.8 Å². The zero-order valence-electron chi connectivity index (χ0n) is 22.0. The fourth-order valence-electron chi connectivity index (χ4n) is 4.09. The number of benzene rings is 3. The molecule has 3 aromatic rings. The fourth-order valence-corrected chi connectivity index (χ4v) is 5.70. The Balaban J connectivity index is 2.02. The predicted molar refractivity (Wildman–Crippen MR) is 151 cm³/mol. The van der Waals surface area contributed by atoms with Gasteiger partial charge in [0.2, 0.25) is 11.8 Å². The van der Waals surface area contributed by atoms with Crippen LogP contribution >= 0.6 is 11.6 Å². The second kappa shape index (κ2) is 14.1. The van der Waals surface area contributed by atoms with E-state index in [1.54, 1.807) is 61.5 Å². The number of halogens is 2. The molecule has 0 saturated heterocycles. The topological polar surface area (TPSA) is 86.8 Å². The number of amides is 2. The molecule has 1 N–H and O–H groups in total. The van der Waals surface area contributed by atoms with Gasteiger partial charge >= 0.3 is 0 Å².